The van der Waals surface area contributed by atoms with Crippen molar-refractivity contribution in [2.45, 2.75) is 25.4 Å². The molecule has 0 amide bonds. The Labute approximate surface area is 99.0 Å². The van der Waals surface area contributed by atoms with Crippen molar-refractivity contribution in [1.82, 2.24) is 10.0 Å². The zero-order valence-corrected chi connectivity index (χ0v) is 10.2. The van der Waals surface area contributed by atoms with E-state index in [1.54, 1.807) is 4.72 Å². The first-order valence-corrected chi connectivity index (χ1v) is 7.18. The molecule has 0 atom stereocenters. The van der Waals surface area contributed by atoms with E-state index in [9.17, 15) is 21.6 Å². The van der Waals surface area contributed by atoms with E-state index in [0.29, 0.717) is 12.3 Å². The number of hydrogen-bond acceptors (Lipinski definition) is 3. The largest absolute Gasteiger partial charge is 0.402 e. The summed E-state index contributed by atoms with van der Waals surface area (Å²) >= 11 is 0. The number of rotatable bonds is 5. The Bertz CT molecular complexity index is 324. The average molecular weight is 274 g/mol. The van der Waals surface area contributed by atoms with Crippen molar-refractivity contribution in [1.29, 1.82) is 0 Å². The summed E-state index contributed by atoms with van der Waals surface area (Å²) < 4.78 is 59.7. The number of nitrogens with one attached hydrogen (secondary N) is 2. The summed E-state index contributed by atoms with van der Waals surface area (Å²) in [6, 6.07) is 0. The second-order valence-corrected chi connectivity index (χ2v) is 6.16. The second-order valence-electron chi connectivity index (χ2n) is 4.24. The minimum Gasteiger partial charge on any atom is -0.317 e. The fraction of sp³-hybridized carbons (Fsp3) is 1.00. The molecule has 0 spiro atoms. The van der Waals surface area contributed by atoms with Gasteiger partial charge in [-0.05, 0) is 38.3 Å². The van der Waals surface area contributed by atoms with Crippen LogP contribution in [-0.4, -0.2) is 40.0 Å². The Kier molecular flexibility index (Phi) is 5.21. The molecule has 1 fully saturated rings. The molecule has 1 saturated heterocycles. The van der Waals surface area contributed by atoms with Crippen LogP contribution in [-0.2, 0) is 10.0 Å². The fourth-order valence-corrected chi connectivity index (χ4v) is 2.93. The van der Waals surface area contributed by atoms with Crippen LogP contribution in [0.2, 0.25) is 0 Å². The Hall–Kier alpha value is -0.340. The molecule has 17 heavy (non-hydrogen) atoms. The van der Waals surface area contributed by atoms with Gasteiger partial charge in [0.05, 0.1) is 5.75 Å². The Morgan fingerprint density at radius 3 is 2.35 bits per heavy atom. The lowest BCUT2D eigenvalue weighted by molar-refractivity contribution is -0.121. The van der Waals surface area contributed by atoms with Crippen molar-refractivity contribution in [2.75, 3.05) is 25.4 Å². The first kappa shape index (κ1) is 14.7. The van der Waals surface area contributed by atoms with Crippen molar-refractivity contribution in [3.63, 3.8) is 0 Å². The molecule has 0 aromatic heterocycles. The van der Waals surface area contributed by atoms with Gasteiger partial charge in [0.15, 0.2) is 0 Å². The van der Waals surface area contributed by atoms with Crippen LogP contribution in [0.25, 0.3) is 0 Å². The monoisotopic (exact) mass is 274 g/mol. The minimum absolute atomic E-state index is 0.228. The topological polar surface area (TPSA) is 58.2 Å². The molecule has 8 heteroatoms. The molecule has 4 nitrogen and oxygen atoms in total. The molecule has 102 valence electrons. The van der Waals surface area contributed by atoms with Crippen LogP contribution < -0.4 is 10.0 Å². The summed E-state index contributed by atoms with van der Waals surface area (Å²) in [5, 5.41) is 3.14. The van der Waals surface area contributed by atoms with Gasteiger partial charge in [-0.3, -0.25) is 0 Å². The number of piperidine rings is 1. The zero-order chi connectivity index (χ0) is 12.9. The normalized spacial score (nSPS) is 19.5. The van der Waals surface area contributed by atoms with Crippen LogP contribution in [0.5, 0.6) is 0 Å². The molecule has 0 aromatic carbocycles. The molecule has 1 heterocycles. The highest BCUT2D eigenvalue weighted by Crippen LogP contribution is 2.17. The number of alkyl halides is 3. The number of sulfonamides is 1. The Morgan fingerprint density at radius 1 is 1.24 bits per heavy atom. The average Bonchev–Trinajstić information content (AvgIpc) is 2.25. The molecule has 1 aliphatic heterocycles. The molecule has 0 bridgehead atoms. The smallest absolute Gasteiger partial charge is 0.317 e. The van der Waals surface area contributed by atoms with E-state index in [4.69, 9.17) is 0 Å². The van der Waals surface area contributed by atoms with Gasteiger partial charge in [-0.25, -0.2) is 13.1 Å². The van der Waals surface area contributed by atoms with Gasteiger partial charge in [0.2, 0.25) is 10.0 Å². The van der Waals surface area contributed by atoms with E-state index in [1.807, 2.05) is 0 Å². The molecule has 0 radical (unpaired) electrons. The molecule has 2 N–H and O–H groups in total. The highest BCUT2D eigenvalue weighted by molar-refractivity contribution is 7.89. The van der Waals surface area contributed by atoms with Crippen LogP contribution >= 0.6 is 0 Å². The summed E-state index contributed by atoms with van der Waals surface area (Å²) in [4.78, 5) is 0. The van der Waals surface area contributed by atoms with E-state index in [-0.39, 0.29) is 5.75 Å². The molecule has 1 rings (SSSR count). The highest BCUT2D eigenvalue weighted by atomic mass is 32.2. The second kappa shape index (κ2) is 6.01. The highest BCUT2D eigenvalue weighted by Gasteiger charge is 2.29. The SMILES string of the molecule is O=S(=O)(CCC1CCNCC1)NCC(F)(F)F. The van der Waals surface area contributed by atoms with Crippen molar-refractivity contribution in [3.8, 4) is 0 Å². The third kappa shape index (κ3) is 6.85. The van der Waals surface area contributed by atoms with E-state index >= 15 is 0 Å². The van der Waals surface area contributed by atoms with Crippen molar-refractivity contribution in [2.24, 2.45) is 5.92 Å². The van der Waals surface area contributed by atoms with Crippen LogP contribution in [0.3, 0.4) is 0 Å². The molecule has 1 aliphatic rings. The lowest BCUT2D eigenvalue weighted by atomic mass is 9.96. The van der Waals surface area contributed by atoms with Crippen LogP contribution in [0.4, 0.5) is 13.2 Å². The first-order valence-electron chi connectivity index (χ1n) is 5.53. The lowest BCUT2D eigenvalue weighted by Crippen LogP contribution is -2.36. The maximum atomic E-state index is 11.8. The number of hydrogen-bond donors (Lipinski definition) is 2. The Morgan fingerprint density at radius 2 is 1.82 bits per heavy atom. The van der Waals surface area contributed by atoms with Crippen molar-refractivity contribution >= 4 is 10.0 Å². The van der Waals surface area contributed by atoms with Crippen LogP contribution in [0.15, 0.2) is 0 Å². The molecule has 0 unspecified atom stereocenters. The maximum Gasteiger partial charge on any atom is 0.402 e. The summed E-state index contributed by atoms with van der Waals surface area (Å²) in [5.41, 5.74) is 0. The predicted molar refractivity (Wildman–Crippen MR) is 58.1 cm³/mol. The van der Waals surface area contributed by atoms with E-state index in [1.165, 1.54) is 0 Å². The van der Waals surface area contributed by atoms with Crippen molar-refractivity contribution in [3.05, 3.63) is 0 Å². The molecular formula is C9H17F3N2O2S. The van der Waals surface area contributed by atoms with Gasteiger partial charge >= 0.3 is 6.18 Å². The number of halogens is 3. The third-order valence-electron chi connectivity index (χ3n) is 2.75. The summed E-state index contributed by atoms with van der Waals surface area (Å²) in [6.45, 7) is 0.211. The fourth-order valence-electron chi connectivity index (χ4n) is 1.76. The van der Waals surface area contributed by atoms with Gasteiger partial charge in [-0.1, -0.05) is 0 Å². The van der Waals surface area contributed by atoms with Crippen LogP contribution in [0.1, 0.15) is 19.3 Å². The van der Waals surface area contributed by atoms with Gasteiger partial charge in [-0.2, -0.15) is 13.2 Å². The molecule has 0 saturated carbocycles. The molecule has 0 aliphatic carbocycles. The van der Waals surface area contributed by atoms with Gasteiger partial charge in [0, 0.05) is 0 Å². The van der Waals surface area contributed by atoms with Gasteiger partial charge < -0.3 is 5.32 Å². The van der Waals surface area contributed by atoms with Crippen molar-refractivity contribution < 1.29 is 21.6 Å². The van der Waals surface area contributed by atoms with E-state index < -0.39 is 22.7 Å². The quantitative estimate of drug-likeness (QED) is 0.781. The van der Waals surface area contributed by atoms with Gasteiger partial charge in [0.1, 0.15) is 6.54 Å². The third-order valence-corrected chi connectivity index (χ3v) is 4.10. The first-order chi connectivity index (χ1) is 7.79. The van der Waals surface area contributed by atoms with Gasteiger partial charge in [0.25, 0.3) is 0 Å². The summed E-state index contributed by atoms with van der Waals surface area (Å²) in [6.07, 6.45) is -2.31. The Balaban J connectivity index is 2.28. The summed E-state index contributed by atoms with van der Waals surface area (Å²) in [7, 11) is -3.80. The lowest BCUT2D eigenvalue weighted by Gasteiger charge is -2.22. The standard InChI is InChI=1S/C9H17F3N2O2S/c10-9(11,12)7-14-17(15,16)6-3-8-1-4-13-5-2-8/h8,13-14H,1-7H2. The van der Waals surface area contributed by atoms with Gasteiger partial charge in [-0.15, -0.1) is 0 Å². The zero-order valence-electron chi connectivity index (χ0n) is 9.39. The van der Waals surface area contributed by atoms with E-state index in [0.717, 1.165) is 25.9 Å². The molecular weight excluding hydrogens is 257 g/mol. The van der Waals surface area contributed by atoms with E-state index in [2.05, 4.69) is 5.32 Å². The summed E-state index contributed by atoms with van der Waals surface area (Å²) in [5.74, 6) is 0.0620. The molecule has 0 aromatic rings. The minimum atomic E-state index is -4.50. The maximum absolute atomic E-state index is 11.8. The van der Waals surface area contributed by atoms with Crippen LogP contribution in [0, 0.1) is 5.92 Å². The predicted octanol–water partition coefficient (Wildman–Crippen LogP) is 0.858.